The van der Waals surface area contributed by atoms with Crippen molar-refractivity contribution in [2.24, 2.45) is 0 Å². The molecule has 2 heterocycles. The number of likely N-dealkylation sites (N-methyl/N-ethyl adjacent to an activating group) is 1. The number of nitrogens with zero attached hydrogens (tertiary/aromatic N) is 1. The third-order valence-electron chi connectivity index (χ3n) is 6.78. The van der Waals surface area contributed by atoms with Crippen LogP contribution >= 0.6 is 0 Å². The summed E-state index contributed by atoms with van der Waals surface area (Å²) in [6.45, 7) is 7.55. The number of ketones is 2. The molecule has 1 spiro atoms. The summed E-state index contributed by atoms with van der Waals surface area (Å²) >= 11 is 0. The van der Waals surface area contributed by atoms with Crippen LogP contribution in [0.1, 0.15) is 48.7 Å². The molecular formula is C22H25NO5. The number of rotatable bonds is 2. The molecule has 28 heavy (non-hydrogen) atoms. The number of fused-ring (bicyclic) bond motifs is 1. The van der Waals surface area contributed by atoms with Crippen molar-refractivity contribution in [2.45, 2.75) is 57.3 Å². The van der Waals surface area contributed by atoms with Gasteiger partial charge in [-0.3, -0.25) is 19.3 Å². The van der Waals surface area contributed by atoms with E-state index in [0.29, 0.717) is 24.3 Å². The van der Waals surface area contributed by atoms with Gasteiger partial charge in [0.25, 0.3) is 0 Å². The Bertz CT molecular complexity index is 935. The third kappa shape index (κ3) is 2.15. The monoisotopic (exact) mass is 383 g/mol. The summed E-state index contributed by atoms with van der Waals surface area (Å²) in [4.78, 5) is 39.5. The van der Waals surface area contributed by atoms with Gasteiger partial charge in [-0.1, -0.05) is 6.07 Å². The first-order chi connectivity index (χ1) is 13.2. The minimum absolute atomic E-state index is 0.120. The zero-order valence-electron chi connectivity index (χ0n) is 16.9. The first-order valence-electron chi connectivity index (χ1n) is 9.60. The van der Waals surface area contributed by atoms with Crippen molar-refractivity contribution in [3.05, 3.63) is 41.0 Å². The number of aryl methyl sites for hydroxylation is 1. The van der Waals surface area contributed by atoms with Crippen LogP contribution in [-0.4, -0.2) is 53.8 Å². The van der Waals surface area contributed by atoms with Gasteiger partial charge in [-0.05, 0) is 64.6 Å². The van der Waals surface area contributed by atoms with Gasteiger partial charge in [0, 0.05) is 12.5 Å². The van der Waals surface area contributed by atoms with E-state index in [-0.39, 0.29) is 17.6 Å². The number of ether oxygens (including phenoxy) is 2. The number of carbonyl (C=O) groups is 3. The first-order valence-corrected chi connectivity index (χ1v) is 9.60. The Balaban J connectivity index is 2.09. The number of carbonyl (C=O) groups excluding carboxylic acids is 3. The highest BCUT2D eigenvalue weighted by Crippen LogP contribution is 2.60. The topological polar surface area (TPSA) is 72.9 Å². The second kappa shape index (κ2) is 6.01. The van der Waals surface area contributed by atoms with Crippen molar-refractivity contribution in [3.8, 4) is 5.75 Å². The van der Waals surface area contributed by atoms with Crippen molar-refractivity contribution < 1.29 is 23.9 Å². The molecule has 0 bridgehead atoms. The highest BCUT2D eigenvalue weighted by Gasteiger charge is 2.71. The van der Waals surface area contributed by atoms with Crippen LogP contribution in [0, 0.1) is 6.92 Å². The fraction of sp³-hybridized carbons (Fsp3) is 0.500. The van der Waals surface area contributed by atoms with E-state index in [4.69, 9.17) is 9.47 Å². The van der Waals surface area contributed by atoms with Crippen molar-refractivity contribution in [2.75, 3.05) is 13.6 Å². The van der Waals surface area contributed by atoms with E-state index in [0.717, 1.165) is 11.1 Å². The molecule has 0 N–H and O–H groups in total. The van der Waals surface area contributed by atoms with Gasteiger partial charge in [0.1, 0.15) is 5.75 Å². The molecule has 2 aliphatic heterocycles. The SMILES string of the molecule is CC(=O)OC12C=CC(=O)[C@@H]3Oc4c(C(C)=O)ccc(C)c4[C@@]31CCN(C)C2C. The molecule has 0 saturated carbocycles. The zero-order valence-corrected chi connectivity index (χ0v) is 16.9. The van der Waals surface area contributed by atoms with Gasteiger partial charge in [-0.25, -0.2) is 0 Å². The average molecular weight is 383 g/mol. The molecule has 0 amide bonds. The minimum atomic E-state index is -1.06. The van der Waals surface area contributed by atoms with E-state index in [1.54, 1.807) is 12.1 Å². The Hall–Kier alpha value is -2.47. The van der Waals surface area contributed by atoms with E-state index in [1.807, 2.05) is 27.0 Å². The molecule has 6 nitrogen and oxygen atoms in total. The number of hydrogen-bond donors (Lipinski definition) is 0. The fourth-order valence-electron chi connectivity index (χ4n) is 5.41. The molecule has 1 aliphatic carbocycles. The van der Waals surface area contributed by atoms with Crippen molar-refractivity contribution in [3.63, 3.8) is 0 Å². The summed E-state index contributed by atoms with van der Waals surface area (Å²) in [5.74, 6) is -0.230. The van der Waals surface area contributed by atoms with Crippen LogP contribution in [0.5, 0.6) is 5.75 Å². The third-order valence-corrected chi connectivity index (χ3v) is 6.78. The molecule has 4 rings (SSSR count). The molecule has 1 saturated heterocycles. The molecule has 4 atom stereocenters. The quantitative estimate of drug-likeness (QED) is 0.577. The highest BCUT2D eigenvalue weighted by molar-refractivity contribution is 6.02. The Morgan fingerprint density at radius 2 is 2.00 bits per heavy atom. The molecule has 148 valence electrons. The Kier molecular flexibility index (Phi) is 4.05. The van der Waals surface area contributed by atoms with Crippen LogP contribution < -0.4 is 4.74 Å². The normalized spacial score (nSPS) is 33.5. The lowest BCUT2D eigenvalue weighted by Gasteiger charge is -2.58. The van der Waals surface area contributed by atoms with Gasteiger partial charge in [-0.2, -0.15) is 0 Å². The largest absolute Gasteiger partial charge is 0.480 e. The molecule has 2 unspecified atom stereocenters. The number of benzene rings is 1. The molecule has 3 aliphatic rings. The van der Waals surface area contributed by atoms with E-state index in [1.165, 1.54) is 19.9 Å². The summed E-state index contributed by atoms with van der Waals surface area (Å²) in [6.07, 6.45) is 2.97. The van der Waals surface area contributed by atoms with Crippen LogP contribution in [0.3, 0.4) is 0 Å². The number of piperidine rings is 1. The summed E-state index contributed by atoms with van der Waals surface area (Å²) in [7, 11) is 1.98. The van der Waals surface area contributed by atoms with Gasteiger partial charge in [0.2, 0.25) is 0 Å². The van der Waals surface area contributed by atoms with Crippen molar-refractivity contribution in [1.82, 2.24) is 4.90 Å². The highest BCUT2D eigenvalue weighted by atomic mass is 16.6. The fourth-order valence-corrected chi connectivity index (χ4v) is 5.41. The maximum atomic E-state index is 13.0. The van der Waals surface area contributed by atoms with Crippen molar-refractivity contribution in [1.29, 1.82) is 0 Å². The van der Waals surface area contributed by atoms with E-state index in [9.17, 15) is 14.4 Å². The van der Waals surface area contributed by atoms with Gasteiger partial charge < -0.3 is 9.47 Å². The summed E-state index contributed by atoms with van der Waals surface area (Å²) in [5.41, 5.74) is 0.292. The minimum Gasteiger partial charge on any atom is -0.480 e. The zero-order chi connectivity index (χ0) is 20.4. The van der Waals surface area contributed by atoms with Gasteiger partial charge >= 0.3 is 5.97 Å². The predicted octanol–water partition coefficient (Wildman–Crippen LogP) is 2.36. The van der Waals surface area contributed by atoms with Gasteiger partial charge in [0.05, 0.1) is 17.0 Å². The van der Waals surface area contributed by atoms with Crippen molar-refractivity contribution >= 4 is 17.5 Å². The summed E-state index contributed by atoms with van der Waals surface area (Å²) < 4.78 is 12.3. The Morgan fingerprint density at radius 3 is 2.64 bits per heavy atom. The maximum Gasteiger partial charge on any atom is 0.303 e. The number of hydrogen-bond acceptors (Lipinski definition) is 6. The molecule has 1 aromatic carbocycles. The van der Waals surface area contributed by atoms with Gasteiger partial charge in [0.15, 0.2) is 23.3 Å². The smallest absolute Gasteiger partial charge is 0.303 e. The van der Waals surface area contributed by atoms with Crippen LogP contribution in [-0.2, 0) is 19.7 Å². The Morgan fingerprint density at radius 1 is 1.29 bits per heavy atom. The number of Topliss-reactive ketones (excluding diaryl/α,β-unsaturated/α-hetero) is 1. The Labute approximate surface area is 164 Å². The first kappa shape index (κ1) is 18.9. The van der Waals surface area contributed by atoms with Crippen LogP contribution in [0.2, 0.25) is 0 Å². The average Bonchev–Trinajstić information content (AvgIpc) is 2.98. The lowest BCUT2D eigenvalue weighted by atomic mass is 9.54. The summed E-state index contributed by atoms with van der Waals surface area (Å²) in [6, 6.07) is 3.46. The lowest BCUT2D eigenvalue weighted by Crippen LogP contribution is -2.73. The summed E-state index contributed by atoms with van der Waals surface area (Å²) in [5, 5.41) is 0. The number of likely N-dealkylation sites (tertiary alicyclic amines) is 1. The standard InChI is InChI=1S/C22H25NO5/c1-12-6-7-16(13(2)24)19-18(12)21-10-11-23(5)14(3)22(21,28-15(4)25)9-8-17(26)20(21)27-19/h6-9,14,20H,10-11H2,1-5H3/t14?,20-,21-,22?/m0/s1. The second-order valence-electron chi connectivity index (χ2n) is 8.19. The second-order valence-corrected chi connectivity index (χ2v) is 8.19. The molecule has 1 fully saturated rings. The molecule has 6 heteroatoms. The maximum absolute atomic E-state index is 13.0. The molecular weight excluding hydrogens is 358 g/mol. The molecule has 1 aromatic rings. The van der Waals surface area contributed by atoms with E-state index >= 15 is 0 Å². The van der Waals surface area contributed by atoms with Crippen LogP contribution in [0.25, 0.3) is 0 Å². The van der Waals surface area contributed by atoms with E-state index in [2.05, 4.69) is 4.90 Å². The number of esters is 1. The molecule has 0 aromatic heterocycles. The van der Waals surface area contributed by atoms with Crippen LogP contribution in [0.4, 0.5) is 0 Å². The predicted molar refractivity (Wildman–Crippen MR) is 103 cm³/mol. The van der Waals surface area contributed by atoms with Crippen LogP contribution in [0.15, 0.2) is 24.3 Å². The van der Waals surface area contributed by atoms with Gasteiger partial charge in [-0.15, -0.1) is 0 Å². The van der Waals surface area contributed by atoms with E-state index < -0.39 is 23.1 Å². The lowest BCUT2D eigenvalue weighted by molar-refractivity contribution is -0.184. The molecule has 0 radical (unpaired) electrons.